The van der Waals surface area contributed by atoms with Crippen LogP contribution < -0.4 is 14.9 Å². The third-order valence-electron chi connectivity index (χ3n) is 4.36. The fourth-order valence-corrected chi connectivity index (χ4v) is 2.68. The molecule has 0 aliphatic rings. The van der Waals surface area contributed by atoms with Gasteiger partial charge in [-0.1, -0.05) is 48.0 Å². The molecule has 0 aromatic heterocycles. The second-order valence-electron chi connectivity index (χ2n) is 6.88. The molecule has 0 aliphatic heterocycles. The SMILES string of the molecule is CCOC(=O)/C(C)=N/Nc1ccc(Oc2ccc(C)cc2)cc1OCc1ccccc1. The lowest BCUT2D eigenvalue weighted by molar-refractivity contribution is -0.135. The maximum Gasteiger partial charge on any atom is 0.354 e. The van der Waals surface area contributed by atoms with E-state index in [9.17, 15) is 4.79 Å². The van der Waals surface area contributed by atoms with Crippen molar-refractivity contribution in [3.8, 4) is 17.2 Å². The van der Waals surface area contributed by atoms with Crippen molar-refractivity contribution >= 4 is 17.4 Å². The molecule has 3 aromatic rings. The zero-order chi connectivity index (χ0) is 22.1. The van der Waals surface area contributed by atoms with E-state index < -0.39 is 5.97 Å². The third kappa shape index (κ3) is 6.60. The van der Waals surface area contributed by atoms with E-state index in [-0.39, 0.29) is 5.71 Å². The summed E-state index contributed by atoms with van der Waals surface area (Å²) in [5.41, 5.74) is 5.91. The van der Waals surface area contributed by atoms with E-state index in [1.165, 1.54) is 0 Å². The largest absolute Gasteiger partial charge is 0.487 e. The summed E-state index contributed by atoms with van der Waals surface area (Å²) >= 11 is 0. The van der Waals surface area contributed by atoms with Gasteiger partial charge in [0.15, 0.2) is 0 Å². The third-order valence-corrected chi connectivity index (χ3v) is 4.36. The number of aryl methyl sites for hydroxylation is 1. The van der Waals surface area contributed by atoms with Gasteiger partial charge in [0.1, 0.15) is 29.6 Å². The summed E-state index contributed by atoms with van der Waals surface area (Å²) in [7, 11) is 0. The Morgan fingerprint density at radius 1 is 0.968 bits per heavy atom. The minimum absolute atomic E-state index is 0.218. The molecule has 0 saturated heterocycles. The zero-order valence-corrected chi connectivity index (χ0v) is 17.9. The molecule has 6 nitrogen and oxygen atoms in total. The fraction of sp³-hybridized carbons (Fsp3) is 0.200. The number of esters is 1. The van der Waals surface area contributed by atoms with Crippen LogP contribution in [0.15, 0.2) is 77.9 Å². The second-order valence-corrected chi connectivity index (χ2v) is 6.88. The van der Waals surface area contributed by atoms with Crippen molar-refractivity contribution in [2.75, 3.05) is 12.0 Å². The monoisotopic (exact) mass is 418 g/mol. The first-order chi connectivity index (χ1) is 15.0. The minimum Gasteiger partial charge on any atom is -0.487 e. The number of benzene rings is 3. The van der Waals surface area contributed by atoms with Gasteiger partial charge in [-0.05, 0) is 50.6 Å². The van der Waals surface area contributed by atoms with Gasteiger partial charge >= 0.3 is 5.97 Å². The van der Waals surface area contributed by atoms with Crippen LogP contribution in [0.4, 0.5) is 5.69 Å². The van der Waals surface area contributed by atoms with Crippen molar-refractivity contribution in [2.24, 2.45) is 5.10 Å². The number of hydrazone groups is 1. The second kappa shape index (κ2) is 10.8. The summed E-state index contributed by atoms with van der Waals surface area (Å²) in [6, 6.07) is 23.1. The number of carbonyl (C=O) groups is 1. The first kappa shape index (κ1) is 21.9. The van der Waals surface area contributed by atoms with Gasteiger partial charge in [0.2, 0.25) is 0 Å². The lowest BCUT2D eigenvalue weighted by Crippen LogP contribution is -2.15. The Morgan fingerprint density at radius 2 is 1.68 bits per heavy atom. The molecular weight excluding hydrogens is 392 g/mol. The summed E-state index contributed by atoms with van der Waals surface area (Å²) in [4.78, 5) is 11.8. The smallest absolute Gasteiger partial charge is 0.354 e. The number of ether oxygens (including phenoxy) is 3. The molecule has 1 N–H and O–H groups in total. The van der Waals surface area contributed by atoms with E-state index in [1.807, 2.05) is 67.6 Å². The molecule has 0 unspecified atom stereocenters. The molecule has 3 aromatic carbocycles. The molecule has 6 heteroatoms. The summed E-state index contributed by atoms with van der Waals surface area (Å²) in [6.45, 7) is 6.04. The first-order valence-electron chi connectivity index (χ1n) is 10.1. The topological polar surface area (TPSA) is 69.2 Å². The molecule has 31 heavy (non-hydrogen) atoms. The predicted molar refractivity (Wildman–Crippen MR) is 122 cm³/mol. The van der Waals surface area contributed by atoms with Crippen molar-refractivity contribution in [3.05, 3.63) is 83.9 Å². The highest BCUT2D eigenvalue weighted by Gasteiger charge is 2.10. The summed E-state index contributed by atoms with van der Waals surface area (Å²) in [6.07, 6.45) is 0. The Kier molecular flexibility index (Phi) is 7.65. The normalized spacial score (nSPS) is 11.0. The molecule has 3 rings (SSSR count). The average molecular weight is 418 g/mol. The van der Waals surface area contributed by atoms with Gasteiger partial charge in [0, 0.05) is 6.07 Å². The van der Waals surface area contributed by atoms with Crippen molar-refractivity contribution in [1.82, 2.24) is 0 Å². The molecule has 0 spiro atoms. The van der Waals surface area contributed by atoms with Gasteiger partial charge in [-0.25, -0.2) is 4.79 Å². The molecule has 0 heterocycles. The van der Waals surface area contributed by atoms with Gasteiger partial charge in [0.05, 0.1) is 12.3 Å². The molecule has 160 valence electrons. The van der Waals surface area contributed by atoms with Crippen molar-refractivity contribution in [1.29, 1.82) is 0 Å². The quantitative estimate of drug-likeness (QED) is 0.274. The van der Waals surface area contributed by atoms with E-state index in [2.05, 4.69) is 10.5 Å². The van der Waals surface area contributed by atoms with Crippen LogP contribution >= 0.6 is 0 Å². The predicted octanol–water partition coefficient (Wildman–Crippen LogP) is 5.72. The number of hydrogen-bond donors (Lipinski definition) is 1. The Hall–Kier alpha value is -3.80. The Morgan fingerprint density at radius 3 is 2.39 bits per heavy atom. The molecule has 0 atom stereocenters. The number of carbonyl (C=O) groups excluding carboxylic acids is 1. The number of nitrogens with one attached hydrogen (secondary N) is 1. The molecular formula is C25H26N2O4. The standard InChI is InChI=1S/C25H26N2O4/c1-4-29-25(28)19(3)26-27-23-15-14-22(31-21-12-10-18(2)11-13-21)16-24(23)30-17-20-8-6-5-7-9-20/h5-16,27H,4,17H2,1-3H3/b26-19+. The zero-order valence-electron chi connectivity index (χ0n) is 17.9. The van der Waals surface area contributed by atoms with Crippen LogP contribution in [0.25, 0.3) is 0 Å². The van der Waals surface area contributed by atoms with Crippen LogP contribution in [0, 0.1) is 6.92 Å². The van der Waals surface area contributed by atoms with Gasteiger partial charge < -0.3 is 14.2 Å². The Labute approximate surface area is 182 Å². The van der Waals surface area contributed by atoms with Crippen molar-refractivity contribution < 1.29 is 19.0 Å². The minimum atomic E-state index is -0.471. The highest BCUT2D eigenvalue weighted by molar-refractivity contribution is 6.35. The van der Waals surface area contributed by atoms with E-state index in [1.54, 1.807) is 26.0 Å². The van der Waals surface area contributed by atoms with Crippen molar-refractivity contribution in [2.45, 2.75) is 27.4 Å². The molecule has 0 saturated carbocycles. The van der Waals surface area contributed by atoms with Crippen LogP contribution in [0.1, 0.15) is 25.0 Å². The van der Waals surface area contributed by atoms with E-state index in [0.717, 1.165) is 16.9 Å². The van der Waals surface area contributed by atoms with Gasteiger partial charge in [-0.15, -0.1) is 0 Å². The maximum atomic E-state index is 11.8. The lowest BCUT2D eigenvalue weighted by Gasteiger charge is -2.14. The molecule has 0 amide bonds. The van der Waals surface area contributed by atoms with Crippen LogP contribution in [0.5, 0.6) is 17.2 Å². The highest BCUT2D eigenvalue weighted by atomic mass is 16.5. The number of rotatable bonds is 9. The van der Waals surface area contributed by atoms with E-state index in [4.69, 9.17) is 14.2 Å². The Balaban J connectivity index is 1.81. The highest BCUT2D eigenvalue weighted by Crippen LogP contribution is 2.32. The van der Waals surface area contributed by atoms with Crippen LogP contribution in [0.3, 0.4) is 0 Å². The average Bonchev–Trinajstić information content (AvgIpc) is 2.79. The lowest BCUT2D eigenvalue weighted by atomic mass is 10.2. The molecule has 0 bridgehead atoms. The van der Waals surface area contributed by atoms with Crippen LogP contribution in [-0.2, 0) is 16.1 Å². The first-order valence-corrected chi connectivity index (χ1v) is 10.1. The number of nitrogens with zero attached hydrogens (tertiary/aromatic N) is 1. The summed E-state index contributed by atoms with van der Waals surface area (Å²) < 4.78 is 17.0. The maximum absolute atomic E-state index is 11.8. The summed E-state index contributed by atoms with van der Waals surface area (Å²) in [5, 5.41) is 4.12. The number of anilines is 1. The van der Waals surface area contributed by atoms with Gasteiger partial charge in [0.25, 0.3) is 0 Å². The molecule has 0 radical (unpaired) electrons. The van der Waals surface area contributed by atoms with Crippen molar-refractivity contribution in [3.63, 3.8) is 0 Å². The number of hydrogen-bond acceptors (Lipinski definition) is 6. The Bertz CT molecular complexity index is 1030. The molecule has 0 fully saturated rings. The van der Waals surface area contributed by atoms with Gasteiger partial charge in [-0.3, -0.25) is 5.43 Å². The van der Waals surface area contributed by atoms with E-state index in [0.29, 0.717) is 30.4 Å². The molecule has 0 aliphatic carbocycles. The van der Waals surface area contributed by atoms with E-state index >= 15 is 0 Å². The van der Waals surface area contributed by atoms with Gasteiger partial charge in [-0.2, -0.15) is 5.10 Å². The summed E-state index contributed by atoms with van der Waals surface area (Å²) in [5.74, 6) is 1.44. The van der Waals surface area contributed by atoms with Crippen LogP contribution in [0.2, 0.25) is 0 Å². The van der Waals surface area contributed by atoms with Crippen LogP contribution in [-0.4, -0.2) is 18.3 Å². The fourth-order valence-electron chi connectivity index (χ4n) is 2.68.